The predicted molar refractivity (Wildman–Crippen MR) is 82.7 cm³/mol. The molecule has 0 radical (unpaired) electrons. The van der Waals surface area contributed by atoms with Gasteiger partial charge in [0.2, 0.25) is 0 Å². The highest BCUT2D eigenvalue weighted by Crippen LogP contribution is 2.33. The summed E-state index contributed by atoms with van der Waals surface area (Å²) in [4.78, 5) is 25.4. The molecule has 1 aromatic rings. The van der Waals surface area contributed by atoms with E-state index in [-0.39, 0.29) is 11.3 Å². The van der Waals surface area contributed by atoms with Crippen molar-refractivity contribution in [1.29, 1.82) is 0 Å². The second kappa shape index (κ2) is 6.05. The summed E-state index contributed by atoms with van der Waals surface area (Å²) < 4.78 is 0.782. The molecule has 1 saturated heterocycles. The second-order valence-corrected chi connectivity index (χ2v) is 6.62. The van der Waals surface area contributed by atoms with Gasteiger partial charge in [0.1, 0.15) is 6.04 Å². The molecule has 1 aliphatic heterocycles. The minimum Gasteiger partial charge on any atom is -0.480 e. The van der Waals surface area contributed by atoms with E-state index in [9.17, 15) is 14.7 Å². The standard InChI is InChI=1S/C13H15BrN2O3S/c1-2-11-16(10(6-20-11)13(18)19)12(17)8-4-3-7(14)5-9(8)15/h3-5,10-11H,2,6,15H2,1H3,(H,18,19). The number of carboxylic acid groups (broad SMARTS) is 1. The van der Waals surface area contributed by atoms with Crippen molar-refractivity contribution in [1.82, 2.24) is 4.90 Å². The number of halogens is 1. The van der Waals surface area contributed by atoms with Crippen molar-refractivity contribution in [3.63, 3.8) is 0 Å². The molecule has 0 saturated carbocycles. The molecule has 108 valence electrons. The molecule has 20 heavy (non-hydrogen) atoms. The lowest BCUT2D eigenvalue weighted by Crippen LogP contribution is -2.45. The van der Waals surface area contributed by atoms with Crippen LogP contribution in [-0.2, 0) is 4.79 Å². The van der Waals surface area contributed by atoms with E-state index in [1.54, 1.807) is 18.2 Å². The fourth-order valence-electron chi connectivity index (χ4n) is 2.21. The summed E-state index contributed by atoms with van der Waals surface area (Å²) in [6, 6.07) is 4.20. The van der Waals surface area contributed by atoms with E-state index in [0.717, 1.165) is 4.47 Å². The summed E-state index contributed by atoms with van der Waals surface area (Å²) in [5.41, 5.74) is 6.56. The average Bonchev–Trinajstić information content (AvgIpc) is 2.81. The fraction of sp³-hybridized carbons (Fsp3) is 0.385. The number of hydrogen-bond donors (Lipinski definition) is 2. The van der Waals surface area contributed by atoms with Crippen LogP contribution < -0.4 is 5.73 Å². The third kappa shape index (κ3) is 2.78. The van der Waals surface area contributed by atoms with Gasteiger partial charge < -0.3 is 15.7 Å². The maximum atomic E-state index is 12.6. The molecule has 2 rings (SSSR count). The monoisotopic (exact) mass is 358 g/mol. The van der Waals surface area contributed by atoms with Crippen LogP contribution in [0.4, 0.5) is 5.69 Å². The Morgan fingerprint density at radius 2 is 2.25 bits per heavy atom. The van der Waals surface area contributed by atoms with Crippen molar-refractivity contribution in [2.45, 2.75) is 24.8 Å². The lowest BCUT2D eigenvalue weighted by molar-refractivity contribution is -0.141. The van der Waals surface area contributed by atoms with E-state index < -0.39 is 12.0 Å². The van der Waals surface area contributed by atoms with Gasteiger partial charge in [-0.25, -0.2) is 4.79 Å². The summed E-state index contributed by atoms with van der Waals surface area (Å²) in [6.45, 7) is 1.94. The van der Waals surface area contributed by atoms with Crippen LogP contribution in [0.1, 0.15) is 23.7 Å². The van der Waals surface area contributed by atoms with Crippen LogP contribution in [0.25, 0.3) is 0 Å². The summed E-state index contributed by atoms with van der Waals surface area (Å²) in [6.07, 6.45) is 0.705. The van der Waals surface area contributed by atoms with Gasteiger partial charge in [-0.15, -0.1) is 11.8 Å². The number of aliphatic carboxylic acids is 1. The van der Waals surface area contributed by atoms with Gasteiger partial charge in [0.15, 0.2) is 0 Å². The van der Waals surface area contributed by atoms with Gasteiger partial charge in [0.05, 0.1) is 10.9 Å². The molecule has 1 aromatic carbocycles. The van der Waals surface area contributed by atoms with Gasteiger partial charge in [-0.2, -0.15) is 0 Å². The van der Waals surface area contributed by atoms with Crippen LogP contribution in [0.3, 0.4) is 0 Å². The summed E-state index contributed by atoms with van der Waals surface area (Å²) in [7, 11) is 0. The van der Waals surface area contributed by atoms with E-state index >= 15 is 0 Å². The minimum absolute atomic E-state index is 0.119. The van der Waals surface area contributed by atoms with Crippen molar-refractivity contribution >= 4 is 45.3 Å². The number of anilines is 1. The Morgan fingerprint density at radius 1 is 1.55 bits per heavy atom. The first-order chi connectivity index (χ1) is 9.45. The van der Waals surface area contributed by atoms with Gasteiger partial charge in [-0.05, 0) is 24.6 Å². The van der Waals surface area contributed by atoms with Gasteiger partial charge in [-0.3, -0.25) is 4.79 Å². The molecular weight excluding hydrogens is 344 g/mol. The zero-order valence-electron chi connectivity index (χ0n) is 10.9. The molecule has 7 heteroatoms. The average molecular weight is 359 g/mol. The van der Waals surface area contributed by atoms with Crippen LogP contribution in [0.15, 0.2) is 22.7 Å². The number of rotatable bonds is 3. The number of nitrogen functional groups attached to an aromatic ring is 1. The molecule has 0 bridgehead atoms. The molecule has 2 unspecified atom stereocenters. The Balaban J connectivity index is 2.36. The Labute approximate surface area is 129 Å². The Hall–Kier alpha value is -1.21. The first kappa shape index (κ1) is 15.2. The normalized spacial score (nSPS) is 22.0. The van der Waals surface area contributed by atoms with Crippen LogP contribution >= 0.6 is 27.7 Å². The first-order valence-corrected chi connectivity index (χ1v) is 8.02. The predicted octanol–water partition coefficient (Wildman–Crippen LogP) is 2.41. The van der Waals surface area contributed by atoms with Crippen molar-refractivity contribution in [3.05, 3.63) is 28.2 Å². The molecular formula is C13H15BrN2O3S. The number of amides is 1. The van der Waals surface area contributed by atoms with E-state index in [1.165, 1.54) is 16.7 Å². The molecule has 1 amide bonds. The lowest BCUT2D eigenvalue weighted by Gasteiger charge is -2.27. The van der Waals surface area contributed by atoms with Gasteiger partial charge in [0, 0.05) is 15.9 Å². The molecule has 2 atom stereocenters. The van der Waals surface area contributed by atoms with Crippen LogP contribution in [0.2, 0.25) is 0 Å². The number of nitrogens with two attached hydrogens (primary N) is 1. The van der Waals surface area contributed by atoms with Crippen LogP contribution in [0, 0.1) is 0 Å². The topological polar surface area (TPSA) is 83.6 Å². The quantitative estimate of drug-likeness (QED) is 0.810. The molecule has 3 N–H and O–H groups in total. The van der Waals surface area contributed by atoms with Crippen LogP contribution in [0.5, 0.6) is 0 Å². The highest BCUT2D eigenvalue weighted by molar-refractivity contribution is 9.10. The number of carbonyl (C=O) groups is 2. The van der Waals surface area contributed by atoms with Crippen molar-refractivity contribution in [2.24, 2.45) is 0 Å². The highest BCUT2D eigenvalue weighted by Gasteiger charge is 2.41. The smallest absolute Gasteiger partial charge is 0.327 e. The highest BCUT2D eigenvalue weighted by atomic mass is 79.9. The first-order valence-electron chi connectivity index (χ1n) is 6.17. The third-order valence-electron chi connectivity index (χ3n) is 3.21. The van der Waals surface area contributed by atoms with E-state index in [2.05, 4.69) is 15.9 Å². The fourth-order valence-corrected chi connectivity index (χ4v) is 3.93. The molecule has 1 aliphatic rings. The lowest BCUT2D eigenvalue weighted by atomic mass is 10.1. The summed E-state index contributed by atoms with van der Waals surface area (Å²) >= 11 is 4.78. The third-order valence-corrected chi connectivity index (χ3v) is 5.15. The van der Waals surface area contributed by atoms with E-state index in [4.69, 9.17) is 5.73 Å². The minimum atomic E-state index is -0.975. The summed E-state index contributed by atoms with van der Waals surface area (Å²) in [5.74, 6) is -0.882. The van der Waals surface area contributed by atoms with Crippen molar-refractivity contribution in [2.75, 3.05) is 11.5 Å². The Morgan fingerprint density at radius 3 is 2.80 bits per heavy atom. The number of hydrogen-bond acceptors (Lipinski definition) is 4. The van der Waals surface area contributed by atoms with Gasteiger partial charge in [-0.1, -0.05) is 22.9 Å². The number of carboxylic acids is 1. The maximum Gasteiger partial charge on any atom is 0.327 e. The largest absolute Gasteiger partial charge is 0.480 e. The summed E-state index contributed by atoms with van der Waals surface area (Å²) in [5, 5.41) is 9.14. The molecule has 0 aliphatic carbocycles. The Kier molecular flexibility index (Phi) is 4.59. The maximum absolute atomic E-state index is 12.6. The molecule has 5 nitrogen and oxygen atoms in total. The number of nitrogens with zero attached hydrogens (tertiary/aromatic N) is 1. The van der Waals surface area contributed by atoms with E-state index in [0.29, 0.717) is 23.4 Å². The van der Waals surface area contributed by atoms with Gasteiger partial charge >= 0.3 is 5.97 Å². The van der Waals surface area contributed by atoms with Crippen LogP contribution in [-0.4, -0.2) is 39.1 Å². The van der Waals surface area contributed by atoms with Gasteiger partial charge in [0.25, 0.3) is 5.91 Å². The second-order valence-electron chi connectivity index (χ2n) is 4.49. The Bertz CT molecular complexity index is 552. The van der Waals surface area contributed by atoms with Crippen molar-refractivity contribution in [3.8, 4) is 0 Å². The zero-order valence-corrected chi connectivity index (χ0v) is 13.3. The molecule has 0 spiro atoms. The molecule has 0 aromatic heterocycles. The molecule has 1 fully saturated rings. The molecule has 1 heterocycles. The number of benzene rings is 1. The zero-order chi connectivity index (χ0) is 14.9. The SMILES string of the molecule is CCC1SCC(C(=O)O)N1C(=O)c1ccc(Br)cc1N. The number of thioether (sulfide) groups is 1. The number of carbonyl (C=O) groups excluding carboxylic acids is 1. The van der Waals surface area contributed by atoms with E-state index in [1.807, 2.05) is 6.92 Å². The van der Waals surface area contributed by atoms with Crippen molar-refractivity contribution < 1.29 is 14.7 Å².